The lowest BCUT2D eigenvalue weighted by atomic mass is 10.1. The molecule has 1 aromatic carbocycles. The number of aryl methyl sites for hydroxylation is 1. The Hall–Kier alpha value is -2.38. The van der Waals surface area contributed by atoms with Gasteiger partial charge in [0.05, 0.1) is 12.1 Å². The first-order chi connectivity index (χ1) is 13.2. The highest BCUT2D eigenvalue weighted by molar-refractivity contribution is 5.96. The van der Waals surface area contributed by atoms with Crippen LogP contribution >= 0.6 is 0 Å². The number of nitrogens with one attached hydrogen (secondary N) is 1. The SMILES string of the molecule is Cn1ccnc1CN1C[C@@H]2OCCCCNC(=O)c3ccccc3O[C@@H]2C1. The number of nitrogens with zero attached hydrogens (tertiary/aromatic N) is 3. The highest BCUT2D eigenvalue weighted by Crippen LogP contribution is 2.25. The fourth-order valence-electron chi connectivity index (χ4n) is 3.65. The highest BCUT2D eigenvalue weighted by Gasteiger charge is 2.36. The fourth-order valence-corrected chi connectivity index (χ4v) is 3.65. The van der Waals surface area contributed by atoms with Gasteiger partial charge in [0.25, 0.3) is 5.91 Å². The van der Waals surface area contributed by atoms with Gasteiger partial charge in [-0.1, -0.05) is 12.1 Å². The van der Waals surface area contributed by atoms with Crippen LogP contribution in [-0.2, 0) is 18.3 Å². The summed E-state index contributed by atoms with van der Waals surface area (Å²) in [5, 5.41) is 2.97. The molecule has 2 aliphatic rings. The molecule has 0 aliphatic carbocycles. The van der Waals surface area contributed by atoms with Crippen LogP contribution in [0.2, 0.25) is 0 Å². The van der Waals surface area contributed by atoms with E-state index in [2.05, 4.69) is 15.2 Å². The van der Waals surface area contributed by atoms with Crippen LogP contribution in [0.25, 0.3) is 0 Å². The number of fused-ring (bicyclic) bond motifs is 2. The third-order valence-electron chi connectivity index (χ3n) is 5.18. The monoisotopic (exact) mass is 370 g/mol. The Kier molecular flexibility index (Phi) is 5.40. The number of likely N-dealkylation sites (tertiary alicyclic amines) is 1. The van der Waals surface area contributed by atoms with Crippen LogP contribution in [-0.4, -0.2) is 58.8 Å². The molecule has 1 N–H and O–H groups in total. The number of carbonyl (C=O) groups excluding carboxylic acids is 1. The minimum absolute atomic E-state index is 0.0131. The van der Waals surface area contributed by atoms with Gasteiger partial charge in [0, 0.05) is 45.7 Å². The minimum atomic E-state index is -0.112. The number of ether oxygens (including phenoxy) is 2. The van der Waals surface area contributed by atoms with Crippen LogP contribution in [0.3, 0.4) is 0 Å². The molecule has 4 rings (SSSR count). The zero-order valence-electron chi connectivity index (χ0n) is 15.6. The van der Waals surface area contributed by atoms with E-state index < -0.39 is 0 Å². The average molecular weight is 370 g/mol. The van der Waals surface area contributed by atoms with E-state index in [-0.39, 0.29) is 18.1 Å². The van der Waals surface area contributed by atoms with Crippen molar-refractivity contribution < 1.29 is 14.3 Å². The molecule has 0 spiro atoms. The second kappa shape index (κ2) is 8.10. The largest absolute Gasteiger partial charge is 0.485 e. The van der Waals surface area contributed by atoms with Gasteiger partial charge in [-0.15, -0.1) is 0 Å². The summed E-state index contributed by atoms with van der Waals surface area (Å²) in [4.78, 5) is 19.2. The third kappa shape index (κ3) is 4.14. The summed E-state index contributed by atoms with van der Waals surface area (Å²) in [6.45, 7) is 3.62. The van der Waals surface area contributed by atoms with Crippen molar-refractivity contribution in [2.75, 3.05) is 26.2 Å². The normalized spacial score (nSPS) is 24.1. The summed E-state index contributed by atoms with van der Waals surface area (Å²) < 4.78 is 14.5. The molecule has 2 aliphatic heterocycles. The minimum Gasteiger partial charge on any atom is -0.485 e. The van der Waals surface area contributed by atoms with E-state index in [4.69, 9.17) is 9.47 Å². The molecule has 7 nitrogen and oxygen atoms in total. The molecule has 1 amide bonds. The smallest absolute Gasteiger partial charge is 0.255 e. The number of carbonyl (C=O) groups is 1. The summed E-state index contributed by atoms with van der Waals surface area (Å²) in [6.07, 6.45) is 5.47. The Morgan fingerprint density at radius 2 is 2.07 bits per heavy atom. The molecule has 7 heteroatoms. The number of hydrogen-bond acceptors (Lipinski definition) is 5. The molecule has 144 valence electrons. The molecular formula is C20H26N4O3. The van der Waals surface area contributed by atoms with Gasteiger partial charge >= 0.3 is 0 Å². The van der Waals surface area contributed by atoms with Crippen molar-refractivity contribution in [3.8, 4) is 5.75 Å². The van der Waals surface area contributed by atoms with Gasteiger partial charge in [0.1, 0.15) is 23.8 Å². The lowest BCUT2D eigenvalue weighted by Crippen LogP contribution is -2.34. The molecule has 2 atom stereocenters. The zero-order valence-corrected chi connectivity index (χ0v) is 15.6. The zero-order chi connectivity index (χ0) is 18.6. The quantitative estimate of drug-likeness (QED) is 0.870. The topological polar surface area (TPSA) is 68.6 Å². The van der Waals surface area contributed by atoms with Gasteiger partial charge in [-0.05, 0) is 25.0 Å². The molecule has 1 saturated heterocycles. The number of benzene rings is 1. The second-order valence-electron chi connectivity index (χ2n) is 7.17. The number of para-hydroxylation sites is 1. The van der Waals surface area contributed by atoms with E-state index >= 15 is 0 Å². The first kappa shape index (κ1) is 18.0. The van der Waals surface area contributed by atoms with Gasteiger partial charge in [0.2, 0.25) is 0 Å². The van der Waals surface area contributed by atoms with Gasteiger partial charge in [-0.25, -0.2) is 4.98 Å². The number of hydrogen-bond donors (Lipinski definition) is 1. The van der Waals surface area contributed by atoms with Crippen LogP contribution < -0.4 is 10.1 Å². The number of aromatic nitrogens is 2. The molecular weight excluding hydrogens is 344 g/mol. The van der Waals surface area contributed by atoms with Crippen molar-refractivity contribution in [1.82, 2.24) is 19.8 Å². The maximum Gasteiger partial charge on any atom is 0.255 e. The summed E-state index contributed by atoms with van der Waals surface area (Å²) in [6, 6.07) is 7.43. The standard InChI is InChI=1S/C20H26N4O3/c1-23-10-9-21-19(23)14-24-12-17-18(13-24)27-16-7-3-2-6-15(16)20(25)22-8-4-5-11-26-17/h2-3,6-7,9-10,17-18H,4-5,8,11-14H2,1H3,(H,22,25)/t17-,18+/m0/s1. The van der Waals surface area contributed by atoms with Crippen molar-refractivity contribution in [2.45, 2.75) is 31.6 Å². The molecule has 0 saturated carbocycles. The summed E-state index contributed by atoms with van der Waals surface area (Å²) in [7, 11) is 2.00. The van der Waals surface area contributed by atoms with E-state index in [1.807, 2.05) is 48.3 Å². The van der Waals surface area contributed by atoms with Crippen LogP contribution in [0.4, 0.5) is 0 Å². The van der Waals surface area contributed by atoms with Crippen molar-refractivity contribution in [3.05, 3.63) is 48.0 Å². The van der Waals surface area contributed by atoms with Gasteiger partial charge in [-0.3, -0.25) is 9.69 Å². The maximum absolute atomic E-state index is 12.5. The van der Waals surface area contributed by atoms with Gasteiger partial charge in [0.15, 0.2) is 0 Å². The van der Waals surface area contributed by atoms with Gasteiger partial charge in [-0.2, -0.15) is 0 Å². The number of rotatable bonds is 2. The number of imidazole rings is 1. The Labute approximate surface area is 159 Å². The average Bonchev–Trinajstić information content (AvgIpc) is 3.23. The third-order valence-corrected chi connectivity index (χ3v) is 5.18. The van der Waals surface area contributed by atoms with E-state index in [1.165, 1.54) is 0 Å². The lowest BCUT2D eigenvalue weighted by Gasteiger charge is -2.23. The van der Waals surface area contributed by atoms with E-state index in [0.29, 0.717) is 24.5 Å². The number of amides is 1. The maximum atomic E-state index is 12.5. The summed E-state index contributed by atoms with van der Waals surface area (Å²) in [5.41, 5.74) is 0.583. The molecule has 0 radical (unpaired) electrons. The summed E-state index contributed by atoms with van der Waals surface area (Å²) in [5.74, 6) is 1.56. The first-order valence-corrected chi connectivity index (χ1v) is 9.55. The predicted octanol–water partition coefficient (Wildman–Crippen LogP) is 1.59. The van der Waals surface area contributed by atoms with Crippen LogP contribution in [0, 0.1) is 0 Å². The van der Waals surface area contributed by atoms with E-state index in [1.54, 1.807) is 0 Å². The van der Waals surface area contributed by atoms with Crippen molar-refractivity contribution in [2.24, 2.45) is 7.05 Å². The molecule has 1 aromatic heterocycles. The van der Waals surface area contributed by atoms with Crippen molar-refractivity contribution >= 4 is 5.91 Å². The Morgan fingerprint density at radius 3 is 2.93 bits per heavy atom. The Morgan fingerprint density at radius 1 is 1.22 bits per heavy atom. The van der Waals surface area contributed by atoms with Gasteiger partial charge < -0.3 is 19.4 Å². The molecule has 27 heavy (non-hydrogen) atoms. The molecule has 1 fully saturated rings. The lowest BCUT2D eigenvalue weighted by molar-refractivity contribution is -0.000396. The molecule has 3 heterocycles. The molecule has 0 unspecified atom stereocenters. The Balaban J connectivity index is 1.54. The predicted molar refractivity (Wildman–Crippen MR) is 101 cm³/mol. The fraction of sp³-hybridized carbons (Fsp3) is 0.500. The molecule has 2 aromatic rings. The second-order valence-corrected chi connectivity index (χ2v) is 7.17. The first-order valence-electron chi connectivity index (χ1n) is 9.55. The van der Waals surface area contributed by atoms with Crippen LogP contribution in [0.5, 0.6) is 5.75 Å². The van der Waals surface area contributed by atoms with Crippen molar-refractivity contribution in [1.29, 1.82) is 0 Å². The van der Waals surface area contributed by atoms with Crippen LogP contribution in [0.1, 0.15) is 29.0 Å². The highest BCUT2D eigenvalue weighted by atomic mass is 16.5. The van der Waals surface area contributed by atoms with Crippen molar-refractivity contribution in [3.63, 3.8) is 0 Å². The summed E-state index contributed by atoms with van der Waals surface area (Å²) >= 11 is 0. The van der Waals surface area contributed by atoms with E-state index in [9.17, 15) is 4.79 Å². The van der Waals surface area contributed by atoms with Crippen LogP contribution in [0.15, 0.2) is 36.7 Å². The molecule has 0 bridgehead atoms. The van der Waals surface area contributed by atoms with E-state index in [0.717, 1.165) is 38.3 Å². The Bertz CT molecular complexity index is 791.